The maximum Gasteiger partial charge on any atom is 0.262 e. The number of benzene rings is 2. The third kappa shape index (κ3) is 5.01. The quantitative estimate of drug-likeness (QED) is 0.288. The van der Waals surface area contributed by atoms with Gasteiger partial charge in [-0.3, -0.25) is 19.3 Å². The molecule has 0 saturated carbocycles. The van der Waals surface area contributed by atoms with Gasteiger partial charge in [0.1, 0.15) is 11.4 Å². The van der Waals surface area contributed by atoms with Crippen LogP contribution in [0.4, 0.5) is 22.7 Å². The molecule has 2 aromatic carbocycles. The van der Waals surface area contributed by atoms with E-state index < -0.39 is 0 Å². The van der Waals surface area contributed by atoms with Crippen molar-refractivity contribution in [3.8, 4) is 0 Å². The highest BCUT2D eigenvalue weighted by Gasteiger charge is 2.38. The molecule has 3 amide bonds. The molecule has 1 aliphatic rings. The lowest BCUT2D eigenvalue weighted by atomic mass is 10.1. The van der Waals surface area contributed by atoms with E-state index in [-0.39, 0.29) is 23.3 Å². The molecule has 3 rings (SSSR count). The maximum absolute atomic E-state index is 12.8. The number of nitrogens with one attached hydrogen (secondary N) is 1. The van der Waals surface area contributed by atoms with Gasteiger partial charge in [0.05, 0.1) is 21.3 Å². The Morgan fingerprint density at radius 3 is 2.36 bits per heavy atom. The van der Waals surface area contributed by atoms with E-state index in [0.717, 1.165) is 18.8 Å². The second kappa shape index (κ2) is 10.6. The van der Waals surface area contributed by atoms with Crippen LogP contribution < -0.4 is 10.2 Å². The molecule has 0 spiro atoms. The fraction of sp³-hybridized carbons (Fsp3) is 0.348. The lowest BCUT2D eigenvalue weighted by Crippen LogP contribution is -2.30. The molecular formula is C23H25Br2N5O3. The standard InChI is InChI=1S/C23H25Br2N5O3/c1-5-10-30-22(32)15-12-16(24)21(20(25)19(15)23(30)33)28-27-17-9-8-14(29(6-2)7-3)11-18(17)26-13(4)31/h8-9,11-12H,5-7,10H2,1-4H3,(H,26,31). The summed E-state index contributed by atoms with van der Waals surface area (Å²) >= 11 is 6.90. The lowest BCUT2D eigenvalue weighted by molar-refractivity contribution is -0.114. The summed E-state index contributed by atoms with van der Waals surface area (Å²) in [5, 5.41) is 11.5. The van der Waals surface area contributed by atoms with E-state index >= 15 is 0 Å². The smallest absolute Gasteiger partial charge is 0.262 e. The number of nitrogens with zero attached hydrogens (tertiary/aromatic N) is 4. The number of halogens is 2. The minimum atomic E-state index is -0.352. The van der Waals surface area contributed by atoms with E-state index in [1.165, 1.54) is 11.8 Å². The summed E-state index contributed by atoms with van der Waals surface area (Å²) in [6.07, 6.45) is 0.673. The molecular weight excluding hydrogens is 554 g/mol. The number of hydrogen-bond acceptors (Lipinski definition) is 6. The lowest BCUT2D eigenvalue weighted by Gasteiger charge is -2.22. The Hall–Kier alpha value is -2.59. The summed E-state index contributed by atoms with van der Waals surface area (Å²) in [6, 6.07) is 7.17. The number of fused-ring (bicyclic) bond motifs is 1. The maximum atomic E-state index is 12.8. The van der Waals surface area contributed by atoms with Gasteiger partial charge in [0.2, 0.25) is 5.91 Å². The van der Waals surface area contributed by atoms with Crippen LogP contribution in [0.5, 0.6) is 0 Å². The number of carbonyl (C=O) groups is 3. The zero-order valence-electron chi connectivity index (χ0n) is 18.9. The summed E-state index contributed by atoms with van der Waals surface area (Å²) in [7, 11) is 0. The van der Waals surface area contributed by atoms with E-state index in [0.29, 0.717) is 44.5 Å². The van der Waals surface area contributed by atoms with Crippen LogP contribution in [-0.2, 0) is 4.79 Å². The van der Waals surface area contributed by atoms with Crippen molar-refractivity contribution < 1.29 is 14.4 Å². The first-order valence-electron chi connectivity index (χ1n) is 10.7. The van der Waals surface area contributed by atoms with Crippen LogP contribution >= 0.6 is 31.9 Å². The molecule has 0 aliphatic carbocycles. The molecule has 0 radical (unpaired) electrons. The Balaban J connectivity index is 2.03. The van der Waals surface area contributed by atoms with Gasteiger partial charge in [-0.15, -0.1) is 10.2 Å². The zero-order chi connectivity index (χ0) is 24.3. The molecule has 174 valence electrons. The highest BCUT2D eigenvalue weighted by Crippen LogP contribution is 2.43. The molecule has 2 aromatic rings. The highest BCUT2D eigenvalue weighted by atomic mass is 79.9. The van der Waals surface area contributed by atoms with Crippen molar-refractivity contribution in [3.05, 3.63) is 44.3 Å². The monoisotopic (exact) mass is 577 g/mol. The fourth-order valence-corrected chi connectivity index (χ4v) is 5.12. The van der Waals surface area contributed by atoms with Gasteiger partial charge in [-0.2, -0.15) is 0 Å². The molecule has 1 N–H and O–H groups in total. The van der Waals surface area contributed by atoms with Crippen LogP contribution in [-0.4, -0.2) is 42.3 Å². The Morgan fingerprint density at radius 1 is 1.06 bits per heavy atom. The summed E-state index contributed by atoms with van der Waals surface area (Å²) in [6.45, 7) is 9.47. The molecule has 1 aliphatic heterocycles. The average molecular weight is 579 g/mol. The molecule has 8 nitrogen and oxygen atoms in total. The van der Waals surface area contributed by atoms with E-state index in [1.54, 1.807) is 12.1 Å². The number of rotatable bonds is 8. The van der Waals surface area contributed by atoms with Gasteiger partial charge >= 0.3 is 0 Å². The van der Waals surface area contributed by atoms with Crippen LogP contribution in [0.15, 0.2) is 43.4 Å². The molecule has 0 atom stereocenters. The third-order valence-electron chi connectivity index (χ3n) is 5.25. The predicted octanol–water partition coefficient (Wildman–Crippen LogP) is 6.44. The molecule has 0 fully saturated rings. The van der Waals surface area contributed by atoms with Gasteiger partial charge in [-0.25, -0.2) is 0 Å². The number of anilines is 2. The number of imide groups is 1. The SMILES string of the molecule is CCCN1C(=O)c2cc(Br)c(N=Nc3ccc(N(CC)CC)cc3NC(C)=O)c(Br)c2C1=O. The van der Waals surface area contributed by atoms with Gasteiger partial charge in [0, 0.05) is 36.7 Å². The number of hydrogen-bond donors (Lipinski definition) is 1. The minimum absolute atomic E-state index is 0.219. The van der Waals surface area contributed by atoms with E-state index in [9.17, 15) is 14.4 Å². The second-order valence-electron chi connectivity index (χ2n) is 7.46. The Morgan fingerprint density at radius 2 is 1.76 bits per heavy atom. The van der Waals surface area contributed by atoms with Crippen molar-refractivity contribution >= 4 is 72.3 Å². The zero-order valence-corrected chi connectivity index (χ0v) is 22.1. The number of carbonyl (C=O) groups excluding carboxylic acids is 3. The molecule has 0 bridgehead atoms. The molecule has 33 heavy (non-hydrogen) atoms. The third-order valence-corrected chi connectivity index (χ3v) is 6.63. The predicted molar refractivity (Wildman–Crippen MR) is 136 cm³/mol. The van der Waals surface area contributed by atoms with Gasteiger partial charge in [0.15, 0.2) is 0 Å². The van der Waals surface area contributed by atoms with Crippen LogP contribution in [0.25, 0.3) is 0 Å². The topological polar surface area (TPSA) is 94.4 Å². The van der Waals surface area contributed by atoms with Crippen molar-refractivity contribution in [2.24, 2.45) is 10.2 Å². The minimum Gasteiger partial charge on any atom is -0.372 e. The van der Waals surface area contributed by atoms with Crippen LogP contribution in [0.3, 0.4) is 0 Å². The molecule has 0 aromatic heterocycles. The average Bonchev–Trinajstić information content (AvgIpc) is 3.00. The Kier molecular flexibility index (Phi) is 8.01. The van der Waals surface area contributed by atoms with Crippen LogP contribution in [0.2, 0.25) is 0 Å². The summed E-state index contributed by atoms with van der Waals surface area (Å²) in [5.74, 6) is -0.889. The molecule has 0 saturated heterocycles. The van der Waals surface area contributed by atoms with Crippen molar-refractivity contribution in [2.45, 2.75) is 34.1 Å². The molecule has 1 heterocycles. The van der Waals surface area contributed by atoms with E-state index in [1.807, 2.05) is 19.1 Å². The van der Waals surface area contributed by atoms with Crippen molar-refractivity contribution in [3.63, 3.8) is 0 Å². The van der Waals surface area contributed by atoms with Gasteiger partial charge in [-0.05, 0) is 76.4 Å². The van der Waals surface area contributed by atoms with E-state index in [4.69, 9.17) is 0 Å². The van der Waals surface area contributed by atoms with Gasteiger partial charge < -0.3 is 10.2 Å². The summed E-state index contributed by atoms with van der Waals surface area (Å²) in [4.78, 5) is 40.6. The largest absolute Gasteiger partial charge is 0.372 e. The Bertz CT molecular complexity index is 1150. The van der Waals surface area contributed by atoms with Gasteiger partial charge in [0.25, 0.3) is 11.8 Å². The highest BCUT2D eigenvalue weighted by molar-refractivity contribution is 9.11. The van der Waals surface area contributed by atoms with Crippen LogP contribution in [0.1, 0.15) is 54.8 Å². The fourth-order valence-electron chi connectivity index (χ4n) is 3.67. The van der Waals surface area contributed by atoms with Crippen molar-refractivity contribution in [2.75, 3.05) is 29.9 Å². The first-order valence-corrected chi connectivity index (χ1v) is 12.3. The van der Waals surface area contributed by atoms with E-state index in [2.05, 4.69) is 66.2 Å². The molecule has 10 heteroatoms. The number of amides is 3. The van der Waals surface area contributed by atoms with Crippen molar-refractivity contribution in [1.29, 1.82) is 0 Å². The summed E-state index contributed by atoms with van der Waals surface area (Å²) in [5.41, 5.74) is 2.95. The van der Waals surface area contributed by atoms with Crippen LogP contribution in [0, 0.1) is 0 Å². The first kappa shape index (κ1) is 25.0. The summed E-state index contributed by atoms with van der Waals surface area (Å²) < 4.78 is 0.922. The Labute approximate surface area is 209 Å². The van der Waals surface area contributed by atoms with Gasteiger partial charge in [-0.1, -0.05) is 6.92 Å². The second-order valence-corrected chi connectivity index (χ2v) is 9.11. The van der Waals surface area contributed by atoms with Crippen molar-refractivity contribution in [1.82, 2.24) is 4.90 Å². The first-order chi connectivity index (χ1) is 15.7. The number of azo groups is 1. The molecule has 0 unspecified atom stereocenters. The normalized spacial score (nSPS) is 13.1.